The van der Waals surface area contributed by atoms with E-state index in [1.165, 1.54) is 5.56 Å². The lowest BCUT2D eigenvalue weighted by molar-refractivity contribution is 0.0948. The summed E-state index contributed by atoms with van der Waals surface area (Å²) in [6.45, 7) is 3.25. The number of thiophene rings is 1. The van der Waals surface area contributed by atoms with Gasteiger partial charge in [-0.15, -0.1) is 0 Å². The van der Waals surface area contributed by atoms with E-state index < -0.39 is 0 Å². The van der Waals surface area contributed by atoms with E-state index in [0.29, 0.717) is 12.1 Å². The molecule has 2 aromatic heterocycles. The van der Waals surface area contributed by atoms with Crippen LogP contribution in [0.4, 0.5) is 0 Å². The van der Waals surface area contributed by atoms with Gasteiger partial charge in [-0.05, 0) is 59.1 Å². The maximum atomic E-state index is 12.2. The van der Waals surface area contributed by atoms with Crippen molar-refractivity contribution in [1.82, 2.24) is 10.6 Å². The Morgan fingerprint density at radius 1 is 1.21 bits per heavy atom. The summed E-state index contributed by atoms with van der Waals surface area (Å²) in [6.07, 6.45) is 1.60. The second kappa shape index (κ2) is 7.95. The van der Waals surface area contributed by atoms with Crippen LogP contribution in [0.25, 0.3) is 0 Å². The largest absolute Gasteiger partial charge is 0.467 e. The molecule has 2 heterocycles. The molecule has 124 valence electrons. The van der Waals surface area contributed by atoms with Crippen molar-refractivity contribution < 1.29 is 9.21 Å². The van der Waals surface area contributed by atoms with Gasteiger partial charge in [-0.2, -0.15) is 11.3 Å². The average molecular weight is 340 g/mol. The summed E-state index contributed by atoms with van der Waals surface area (Å²) in [5.74, 6) is 0.643. The molecule has 0 aliphatic carbocycles. The zero-order valence-electron chi connectivity index (χ0n) is 13.5. The third-order valence-corrected chi connectivity index (χ3v) is 4.55. The summed E-state index contributed by atoms with van der Waals surface area (Å²) in [6, 6.07) is 13.7. The maximum absolute atomic E-state index is 12.2. The maximum Gasteiger partial charge on any atom is 0.251 e. The van der Waals surface area contributed by atoms with Crippen LogP contribution >= 0.6 is 11.3 Å². The van der Waals surface area contributed by atoms with Crippen molar-refractivity contribution in [2.75, 3.05) is 0 Å². The minimum Gasteiger partial charge on any atom is -0.467 e. The van der Waals surface area contributed by atoms with Crippen LogP contribution in [-0.4, -0.2) is 5.91 Å². The second-order valence-electron chi connectivity index (χ2n) is 5.62. The Hall–Kier alpha value is -2.37. The number of hydrogen-bond acceptors (Lipinski definition) is 4. The molecule has 2 N–H and O–H groups in total. The van der Waals surface area contributed by atoms with Gasteiger partial charge in [0, 0.05) is 18.2 Å². The summed E-state index contributed by atoms with van der Waals surface area (Å²) in [5.41, 5.74) is 3.03. The fourth-order valence-corrected chi connectivity index (χ4v) is 3.17. The lowest BCUT2D eigenvalue weighted by atomic mass is 10.1. The molecule has 1 amide bonds. The molecule has 0 bridgehead atoms. The Morgan fingerprint density at radius 3 is 2.88 bits per heavy atom. The number of hydrogen-bond donors (Lipinski definition) is 2. The second-order valence-corrected chi connectivity index (χ2v) is 6.40. The van der Waals surface area contributed by atoms with Crippen LogP contribution in [-0.2, 0) is 13.1 Å². The van der Waals surface area contributed by atoms with Gasteiger partial charge in [0.05, 0.1) is 12.8 Å². The molecule has 1 atom stereocenters. The highest BCUT2D eigenvalue weighted by Gasteiger charge is 2.08. The molecule has 0 saturated carbocycles. The molecule has 3 aromatic rings. The van der Waals surface area contributed by atoms with Gasteiger partial charge < -0.3 is 15.1 Å². The molecule has 3 rings (SSSR count). The molecule has 0 saturated heterocycles. The Morgan fingerprint density at radius 2 is 2.12 bits per heavy atom. The van der Waals surface area contributed by atoms with Crippen LogP contribution in [0, 0.1) is 0 Å². The molecular weight excluding hydrogens is 320 g/mol. The van der Waals surface area contributed by atoms with E-state index in [4.69, 9.17) is 4.42 Å². The van der Waals surface area contributed by atoms with E-state index in [-0.39, 0.29) is 11.9 Å². The molecule has 5 heteroatoms. The normalized spacial score (nSPS) is 12.0. The summed E-state index contributed by atoms with van der Waals surface area (Å²) in [4.78, 5) is 12.2. The van der Waals surface area contributed by atoms with E-state index in [9.17, 15) is 4.79 Å². The van der Waals surface area contributed by atoms with Gasteiger partial charge in [0.25, 0.3) is 5.91 Å². The van der Waals surface area contributed by atoms with Crippen molar-refractivity contribution in [3.63, 3.8) is 0 Å². The minimum atomic E-state index is -0.0980. The Kier molecular flexibility index (Phi) is 5.46. The van der Waals surface area contributed by atoms with Gasteiger partial charge in [-0.1, -0.05) is 12.1 Å². The smallest absolute Gasteiger partial charge is 0.251 e. The monoisotopic (exact) mass is 340 g/mol. The van der Waals surface area contributed by atoms with E-state index in [0.717, 1.165) is 17.9 Å². The number of amides is 1. The Bertz CT molecular complexity index is 767. The van der Waals surface area contributed by atoms with Crippen LogP contribution in [0.15, 0.2) is 63.9 Å². The average Bonchev–Trinajstić information content (AvgIpc) is 3.31. The van der Waals surface area contributed by atoms with E-state index in [1.54, 1.807) is 17.6 Å². The van der Waals surface area contributed by atoms with Gasteiger partial charge in [0.15, 0.2) is 0 Å². The topological polar surface area (TPSA) is 54.3 Å². The molecule has 24 heavy (non-hydrogen) atoms. The third kappa shape index (κ3) is 4.34. The van der Waals surface area contributed by atoms with Crippen molar-refractivity contribution >= 4 is 17.2 Å². The van der Waals surface area contributed by atoms with Gasteiger partial charge in [0.1, 0.15) is 5.76 Å². The number of carbonyl (C=O) groups excluding carboxylic acids is 1. The molecule has 1 aromatic carbocycles. The first-order chi connectivity index (χ1) is 11.7. The molecule has 0 unspecified atom stereocenters. The number of benzene rings is 1. The zero-order valence-corrected chi connectivity index (χ0v) is 14.3. The lowest BCUT2D eigenvalue weighted by Gasteiger charge is -2.13. The Balaban J connectivity index is 1.56. The standard InChI is InChI=1S/C19H20N2O2S/c1-14(17-7-9-24-13-17)20-11-15-4-2-5-16(10-15)19(22)21-12-18-6-3-8-23-18/h2-10,13-14,20H,11-12H2,1H3,(H,21,22)/t14-/m0/s1. The quantitative estimate of drug-likeness (QED) is 0.680. The summed E-state index contributed by atoms with van der Waals surface area (Å²) < 4.78 is 5.22. The van der Waals surface area contributed by atoms with Crippen molar-refractivity contribution in [3.8, 4) is 0 Å². The Labute approximate surface area is 145 Å². The highest BCUT2D eigenvalue weighted by Crippen LogP contribution is 2.16. The fourth-order valence-electron chi connectivity index (χ4n) is 2.42. The first-order valence-corrected chi connectivity index (χ1v) is 8.81. The number of carbonyl (C=O) groups is 1. The molecule has 0 aliphatic heterocycles. The first kappa shape index (κ1) is 16.5. The molecule has 4 nitrogen and oxygen atoms in total. The van der Waals surface area contributed by atoms with Crippen molar-refractivity contribution in [3.05, 3.63) is 81.9 Å². The van der Waals surface area contributed by atoms with Crippen LogP contribution in [0.3, 0.4) is 0 Å². The highest BCUT2D eigenvalue weighted by atomic mass is 32.1. The van der Waals surface area contributed by atoms with E-state index in [1.807, 2.05) is 36.4 Å². The van der Waals surface area contributed by atoms with Crippen LogP contribution in [0.5, 0.6) is 0 Å². The van der Waals surface area contributed by atoms with Gasteiger partial charge in [0.2, 0.25) is 0 Å². The van der Waals surface area contributed by atoms with Gasteiger partial charge in [-0.3, -0.25) is 4.79 Å². The predicted octanol–water partition coefficient (Wildman–Crippen LogP) is 4.12. The van der Waals surface area contributed by atoms with Crippen LogP contribution < -0.4 is 10.6 Å². The van der Waals surface area contributed by atoms with Crippen molar-refractivity contribution in [1.29, 1.82) is 0 Å². The summed E-state index contributed by atoms with van der Waals surface area (Å²) in [5, 5.41) is 10.6. The number of rotatable bonds is 7. The highest BCUT2D eigenvalue weighted by molar-refractivity contribution is 7.07. The van der Waals surface area contributed by atoms with Crippen molar-refractivity contribution in [2.45, 2.75) is 26.1 Å². The van der Waals surface area contributed by atoms with Crippen LogP contribution in [0.1, 0.15) is 40.2 Å². The predicted molar refractivity (Wildman–Crippen MR) is 95.9 cm³/mol. The third-order valence-electron chi connectivity index (χ3n) is 3.85. The lowest BCUT2D eigenvalue weighted by Crippen LogP contribution is -2.23. The summed E-state index contributed by atoms with van der Waals surface area (Å²) in [7, 11) is 0. The van der Waals surface area contributed by atoms with Gasteiger partial charge in [-0.25, -0.2) is 0 Å². The van der Waals surface area contributed by atoms with Crippen molar-refractivity contribution in [2.24, 2.45) is 0 Å². The van der Waals surface area contributed by atoms with Gasteiger partial charge >= 0.3 is 0 Å². The zero-order chi connectivity index (χ0) is 16.8. The molecule has 0 fully saturated rings. The first-order valence-electron chi connectivity index (χ1n) is 7.87. The number of nitrogens with one attached hydrogen (secondary N) is 2. The van der Waals surface area contributed by atoms with E-state index >= 15 is 0 Å². The molecular formula is C19H20N2O2S. The summed E-state index contributed by atoms with van der Waals surface area (Å²) >= 11 is 1.70. The minimum absolute atomic E-state index is 0.0980. The van der Waals surface area contributed by atoms with Crippen LogP contribution in [0.2, 0.25) is 0 Å². The molecule has 0 spiro atoms. The SMILES string of the molecule is C[C@H](NCc1cccc(C(=O)NCc2ccco2)c1)c1ccsc1. The fraction of sp³-hybridized carbons (Fsp3) is 0.211. The molecule has 0 radical (unpaired) electrons. The molecule has 0 aliphatic rings. The van der Waals surface area contributed by atoms with E-state index in [2.05, 4.69) is 34.4 Å². The number of furan rings is 1.